The Morgan fingerprint density at radius 1 is 1.09 bits per heavy atom. The summed E-state index contributed by atoms with van der Waals surface area (Å²) in [6.45, 7) is 0.571. The molecule has 2 aromatic heterocycles. The molecule has 2 aliphatic rings. The molecule has 0 saturated heterocycles. The lowest BCUT2D eigenvalue weighted by Crippen LogP contribution is -2.20. The third-order valence-electron chi connectivity index (χ3n) is 6.20. The topological polar surface area (TPSA) is 89.1 Å². The predicted octanol–water partition coefficient (Wildman–Crippen LogP) is 5.52. The van der Waals surface area contributed by atoms with Crippen LogP contribution in [0, 0.1) is 0 Å². The number of rotatable bonds is 4. The van der Waals surface area contributed by atoms with Crippen LogP contribution in [-0.4, -0.2) is 27.7 Å². The van der Waals surface area contributed by atoms with Crippen LogP contribution in [0.2, 0.25) is 5.02 Å². The maximum atomic E-state index is 11.7. The van der Waals surface area contributed by atoms with Crippen molar-refractivity contribution in [1.29, 1.82) is 0 Å². The van der Waals surface area contributed by atoms with E-state index in [0.29, 0.717) is 36.0 Å². The number of carbonyl (C=O) groups excluding carboxylic acids is 1. The van der Waals surface area contributed by atoms with E-state index in [1.54, 1.807) is 6.20 Å². The lowest BCUT2D eigenvalue weighted by molar-refractivity contribution is -0.116. The molecule has 34 heavy (non-hydrogen) atoms. The number of nitrogens with zero attached hydrogens (tertiary/aromatic N) is 2. The summed E-state index contributed by atoms with van der Waals surface area (Å²) >= 11 is 6.13. The largest absolute Gasteiger partial charge is 0.493 e. The van der Waals surface area contributed by atoms with Crippen LogP contribution >= 0.6 is 11.6 Å². The normalized spacial score (nSPS) is 16.7. The van der Waals surface area contributed by atoms with Gasteiger partial charge in [-0.15, -0.1) is 0 Å². The Morgan fingerprint density at radius 2 is 2.03 bits per heavy atom. The molecule has 0 radical (unpaired) electrons. The monoisotopic (exact) mass is 472 g/mol. The van der Waals surface area contributed by atoms with Crippen molar-refractivity contribution in [1.82, 2.24) is 15.2 Å². The van der Waals surface area contributed by atoms with Crippen molar-refractivity contribution in [3.05, 3.63) is 82.6 Å². The van der Waals surface area contributed by atoms with Gasteiger partial charge < -0.3 is 14.8 Å². The average Bonchev–Trinajstić information content (AvgIpc) is 3.34. The van der Waals surface area contributed by atoms with Gasteiger partial charge in [-0.2, -0.15) is 5.10 Å². The summed E-state index contributed by atoms with van der Waals surface area (Å²) in [5.41, 5.74) is 4.84. The first kappa shape index (κ1) is 20.7. The van der Waals surface area contributed by atoms with Crippen molar-refractivity contribution in [2.45, 2.75) is 25.2 Å². The summed E-state index contributed by atoms with van der Waals surface area (Å²) in [4.78, 5) is 15.9. The number of halogens is 1. The van der Waals surface area contributed by atoms with Crippen LogP contribution in [0.5, 0.6) is 17.2 Å². The van der Waals surface area contributed by atoms with Crippen LogP contribution in [0.4, 0.5) is 5.82 Å². The number of hydrogen-bond acceptors (Lipinski definition) is 5. The molecule has 0 bridgehead atoms. The molecular weight excluding hydrogens is 452 g/mol. The molecule has 1 amide bonds. The van der Waals surface area contributed by atoms with Gasteiger partial charge in [0.1, 0.15) is 23.1 Å². The van der Waals surface area contributed by atoms with Gasteiger partial charge in [-0.05, 0) is 60.9 Å². The summed E-state index contributed by atoms with van der Waals surface area (Å²) in [5, 5.41) is 11.1. The number of amides is 1. The molecule has 170 valence electrons. The number of aromatic nitrogens is 3. The Labute approximate surface area is 201 Å². The van der Waals surface area contributed by atoms with Gasteiger partial charge in [-0.3, -0.25) is 9.89 Å². The third kappa shape index (κ3) is 3.99. The molecule has 0 aliphatic carbocycles. The van der Waals surface area contributed by atoms with Gasteiger partial charge in [-0.1, -0.05) is 23.7 Å². The molecule has 2 N–H and O–H groups in total. The molecule has 1 unspecified atom stereocenters. The lowest BCUT2D eigenvalue weighted by Gasteiger charge is -2.25. The zero-order valence-electron chi connectivity index (χ0n) is 18.2. The average molecular weight is 473 g/mol. The predicted molar refractivity (Wildman–Crippen MR) is 129 cm³/mol. The van der Waals surface area contributed by atoms with E-state index in [0.717, 1.165) is 46.0 Å². The van der Waals surface area contributed by atoms with Gasteiger partial charge in [0.15, 0.2) is 0 Å². The fourth-order valence-electron chi connectivity index (χ4n) is 4.46. The first-order chi connectivity index (χ1) is 16.6. The van der Waals surface area contributed by atoms with E-state index in [9.17, 15) is 4.79 Å². The highest BCUT2D eigenvalue weighted by Gasteiger charge is 2.25. The van der Waals surface area contributed by atoms with E-state index in [-0.39, 0.29) is 11.8 Å². The molecule has 0 fully saturated rings. The Bertz CT molecular complexity index is 1400. The number of benzene rings is 2. The van der Waals surface area contributed by atoms with Crippen LogP contribution in [0.3, 0.4) is 0 Å². The SMILES string of the molecule is O=C1CCc2c(Oc3ccc4c(c3)CC(c3cc(-c5cccc(Cl)c5)n[nH]3)CO4)ccnc2N1. The number of hydrogen-bond donors (Lipinski definition) is 2. The fraction of sp³-hybridized carbons (Fsp3) is 0.192. The molecule has 2 aliphatic heterocycles. The first-order valence-electron chi connectivity index (χ1n) is 11.1. The maximum Gasteiger partial charge on any atom is 0.225 e. The number of ether oxygens (including phenoxy) is 2. The molecule has 2 aromatic carbocycles. The standard InChI is InChI=1S/C26H21ClN4O3/c27-18-3-1-2-15(11-18)21-13-22(31-30-21)17-10-16-12-19(4-6-23(16)33-14-17)34-24-8-9-28-26-20(24)5-7-25(32)29-26/h1-4,6,8-9,11-13,17H,5,7,10,14H2,(H,30,31)(H,28,29,32). The minimum Gasteiger partial charge on any atom is -0.493 e. The van der Waals surface area contributed by atoms with Crippen molar-refractivity contribution in [3.8, 4) is 28.5 Å². The van der Waals surface area contributed by atoms with Crippen LogP contribution in [0.15, 0.2) is 60.8 Å². The number of H-pyrrole nitrogens is 1. The van der Waals surface area contributed by atoms with Gasteiger partial charge in [0, 0.05) is 40.4 Å². The van der Waals surface area contributed by atoms with Crippen molar-refractivity contribution in [2.75, 3.05) is 11.9 Å². The smallest absolute Gasteiger partial charge is 0.225 e. The number of anilines is 1. The van der Waals surface area contributed by atoms with E-state index >= 15 is 0 Å². The minimum atomic E-state index is -0.0218. The zero-order valence-corrected chi connectivity index (χ0v) is 18.9. The van der Waals surface area contributed by atoms with E-state index in [2.05, 4.69) is 26.6 Å². The van der Waals surface area contributed by atoms with Gasteiger partial charge in [-0.25, -0.2) is 4.98 Å². The van der Waals surface area contributed by atoms with Gasteiger partial charge in [0.05, 0.1) is 12.3 Å². The van der Waals surface area contributed by atoms with Crippen LogP contribution in [0.25, 0.3) is 11.3 Å². The molecule has 7 nitrogen and oxygen atoms in total. The second-order valence-electron chi connectivity index (χ2n) is 8.49. The van der Waals surface area contributed by atoms with Gasteiger partial charge in [0.25, 0.3) is 0 Å². The summed E-state index contributed by atoms with van der Waals surface area (Å²) < 4.78 is 12.3. The summed E-state index contributed by atoms with van der Waals surface area (Å²) in [6, 6.07) is 17.4. The molecule has 6 rings (SSSR count). The summed E-state index contributed by atoms with van der Waals surface area (Å²) in [5.74, 6) is 2.99. The van der Waals surface area contributed by atoms with E-state index in [1.165, 1.54) is 0 Å². The number of aromatic amines is 1. The van der Waals surface area contributed by atoms with Crippen molar-refractivity contribution < 1.29 is 14.3 Å². The molecule has 0 spiro atoms. The minimum absolute atomic E-state index is 0.0218. The molecule has 1 atom stereocenters. The van der Waals surface area contributed by atoms with Gasteiger partial charge in [0.2, 0.25) is 5.91 Å². The maximum absolute atomic E-state index is 11.7. The van der Waals surface area contributed by atoms with Crippen molar-refractivity contribution >= 4 is 23.3 Å². The number of fused-ring (bicyclic) bond motifs is 2. The Kier molecular flexibility index (Phi) is 5.19. The Morgan fingerprint density at radius 3 is 2.94 bits per heavy atom. The Hall–Kier alpha value is -3.84. The first-order valence-corrected chi connectivity index (χ1v) is 11.5. The highest BCUT2D eigenvalue weighted by Crippen LogP contribution is 2.38. The molecule has 4 heterocycles. The molecule has 0 saturated carbocycles. The highest BCUT2D eigenvalue weighted by atomic mass is 35.5. The number of carbonyl (C=O) groups is 1. The molecule has 8 heteroatoms. The van der Waals surface area contributed by atoms with Crippen LogP contribution in [0.1, 0.15) is 29.2 Å². The second-order valence-corrected chi connectivity index (χ2v) is 8.92. The zero-order chi connectivity index (χ0) is 23.1. The van der Waals surface area contributed by atoms with E-state index in [4.69, 9.17) is 21.1 Å². The van der Waals surface area contributed by atoms with Crippen LogP contribution < -0.4 is 14.8 Å². The van der Waals surface area contributed by atoms with E-state index < -0.39 is 0 Å². The van der Waals surface area contributed by atoms with Gasteiger partial charge >= 0.3 is 0 Å². The second kappa shape index (κ2) is 8.50. The quantitative estimate of drug-likeness (QED) is 0.408. The summed E-state index contributed by atoms with van der Waals surface area (Å²) in [7, 11) is 0. The Balaban J connectivity index is 1.22. The van der Waals surface area contributed by atoms with Crippen molar-refractivity contribution in [2.24, 2.45) is 0 Å². The molecular formula is C26H21ClN4O3. The van der Waals surface area contributed by atoms with E-state index in [1.807, 2.05) is 48.5 Å². The lowest BCUT2D eigenvalue weighted by atomic mass is 9.93. The molecule has 4 aromatic rings. The number of pyridine rings is 1. The van der Waals surface area contributed by atoms with Crippen LogP contribution in [-0.2, 0) is 17.6 Å². The third-order valence-corrected chi connectivity index (χ3v) is 6.43. The fourth-order valence-corrected chi connectivity index (χ4v) is 4.65. The van der Waals surface area contributed by atoms with Crippen molar-refractivity contribution in [3.63, 3.8) is 0 Å². The highest BCUT2D eigenvalue weighted by molar-refractivity contribution is 6.30. The number of nitrogens with one attached hydrogen (secondary N) is 2. The summed E-state index contributed by atoms with van der Waals surface area (Å²) in [6.07, 6.45) is 3.48.